The average molecular weight is 507 g/mol. The minimum Gasteiger partial charge on any atom is -0.493 e. The maximum Gasteiger partial charge on any atom is 0.244 e. The van der Waals surface area contributed by atoms with Crippen molar-refractivity contribution >= 4 is 35.0 Å². The van der Waals surface area contributed by atoms with Gasteiger partial charge in [-0.2, -0.15) is 0 Å². The fourth-order valence-electron chi connectivity index (χ4n) is 4.42. The number of nitrogens with zero attached hydrogens (tertiary/aromatic N) is 1. The van der Waals surface area contributed by atoms with E-state index in [1.807, 2.05) is 68.4 Å². The number of carbonyl (C=O) groups is 2. The lowest BCUT2D eigenvalue weighted by Crippen LogP contribution is -2.38. The van der Waals surface area contributed by atoms with E-state index in [1.165, 1.54) is 0 Å². The summed E-state index contributed by atoms with van der Waals surface area (Å²) in [6, 6.07) is 17.3. The molecule has 3 aromatic carbocycles. The quantitative estimate of drug-likeness (QED) is 0.454. The minimum absolute atomic E-state index is 0.0780. The Balaban J connectivity index is 1.63. The summed E-state index contributed by atoms with van der Waals surface area (Å²) in [4.78, 5) is 29.0. The smallest absolute Gasteiger partial charge is 0.244 e. The van der Waals surface area contributed by atoms with Gasteiger partial charge in [0.25, 0.3) is 0 Å². The highest BCUT2D eigenvalue weighted by Gasteiger charge is 2.31. The van der Waals surface area contributed by atoms with Gasteiger partial charge in [-0.05, 0) is 66.9 Å². The molecule has 0 bridgehead atoms. The molecule has 0 aromatic heterocycles. The largest absolute Gasteiger partial charge is 0.493 e. The molecule has 7 nitrogen and oxygen atoms in total. The van der Waals surface area contributed by atoms with Crippen LogP contribution < -0.4 is 24.4 Å². The molecule has 1 atom stereocenters. The van der Waals surface area contributed by atoms with Gasteiger partial charge in [0.2, 0.25) is 17.6 Å². The fraction of sp³-hybridized carbons (Fsp3) is 0.286. The second kappa shape index (κ2) is 11.0. The molecule has 1 aliphatic heterocycles. The molecule has 1 N–H and O–H groups in total. The van der Waals surface area contributed by atoms with Crippen molar-refractivity contribution in [3.05, 3.63) is 71.3 Å². The lowest BCUT2D eigenvalue weighted by Gasteiger charge is -2.22. The van der Waals surface area contributed by atoms with Crippen LogP contribution in [-0.4, -0.2) is 39.7 Å². The molecular formula is C28H30N2O5S. The standard InChI is InChI=1S/C28H30N2O5S/c1-17-10-18(2)12-20(11-17)29-26(31)16-30-21-8-6-7-9-24(21)36-25(15-27(30)32)19-13-22(33-3)28(35-5)23(14-19)34-4/h6-14,25H,15-16H2,1-5H3,(H,29,31). The van der Waals surface area contributed by atoms with Crippen molar-refractivity contribution in [2.45, 2.75) is 30.4 Å². The van der Waals surface area contributed by atoms with Crippen molar-refractivity contribution in [3.8, 4) is 17.2 Å². The zero-order chi connectivity index (χ0) is 25.8. The molecule has 2 amide bonds. The molecule has 188 valence electrons. The molecule has 1 unspecified atom stereocenters. The molecule has 0 fully saturated rings. The zero-order valence-corrected chi connectivity index (χ0v) is 21.9. The first-order valence-corrected chi connectivity index (χ1v) is 12.4. The van der Waals surface area contributed by atoms with Gasteiger partial charge < -0.3 is 24.4 Å². The number of hydrogen-bond donors (Lipinski definition) is 1. The monoisotopic (exact) mass is 506 g/mol. The number of para-hydroxylation sites is 1. The van der Waals surface area contributed by atoms with Crippen LogP contribution in [0.1, 0.15) is 28.4 Å². The summed E-state index contributed by atoms with van der Waals surface area (Å²) in [7, 11) is 4.69. The lowest BCUT2D eigenvalue weighted by molar-refractivity contribution is -0.121. The number of nitrogens with one attached hydrogen (secondary N) is 1. The molecule has 3 aromatic rings. The fourth-order valence-corrected chi connectivity index (χ4v) is 5.68. The van der Waals surface area contributed by atoms with Crippen LogP contribution in [0.2, 0.25) is 0 Å². The van der Waals surface area contributed by atoms with Gasteiger partial charge >= 0.3 is 0 Å². The van der Waals surface area contributed by atoms with Gasteiger partial charge in [0.05, 0.1) is 27.0 Å². The highest BCUT2D eigenvalue weighted by atomic mass is 32.2. The van der Waals surface area contributed by atoms with Crippen LogP contribution in [0.5, 0.6) is 17.2 Å². The number of methoxy groups -OCH3 is 3. The number of anilines is 2. The van der Waals surface area contributed by atoms with Gasteiger partial charge in [-0.3, -0.25) is 9.59 Å². The predicted molar refractivity (Wildman–Crippen MR) is 143 cm³/mol. The van der Waals surface area contributed by atoms with Crippen LogP contribution in [0, 0.1) is 13.8 Å². The van der Waals surface area contributed by atoms with E-state index in [-0.39, 0.29) is 30.0 Å². The number of carbonyl (C=O) groups excluding carboxylic acids is 2. The second-order valence-electron chi connectivity index (χ2n) is 8.64. The van der Waals surface area contributed by atoms with Gasteiger partial charge in [-0.15, -0.1) is 11.8 Å². The van der Waals surface area contributed by atoms with E-state index in [2.05, 4.69) is 5.32 Å². The normalized spacial score (nSPS) is 15.1. The third-order valence-corrected chi connectivity index (χ3v) is 7.27. The van der Waals surface area contributed by atoms with Crippen molar-refractivity contribution in [3.63, 3.8) is 0 Å². The number of thioether (sulfide) groups is 1. The van der Waals surface area contributed by atoms with Crippen molar-refractivity contribution in [1.82, 2.24) is 0 Å². The van der Waals surface area contributed by atoms with E-state index in [0.29, 0.717) is 17.2 Å². The van der Waals surface area contributed by atoms with Crippen LogP contribution in [0.3, 0.4) is 0 Å². The van der Waals surface area contributed by atoms with Crippen LogP contribution in [0.25, 0.3) is 0 Å². The van der Waals surface area contributed by atoms with Crippen LogP contribution >= 0.6 is 11.8 Å². The molecule has 0 spiro atoms. The van der Waals surface area contributed by atoms with Crippen LogP contribution in [0.4, 0.5) is 11.4 Å². The number of fused-ring (bicyclic) bond motifs is 1. The molecule has 0 saturated carbocycles. The van der Waals surface area contributed by atoms with Crippen LogP contribution in [-0.2, 0) is 9.59 Å². The molecular weight excluding hydrogens is 476 g/mol. The van der Waals surface area contributed by atoms with Gasteiger partial charge in [0, 0.05) is 22.3 Å². The van der Waals surface area contributed by atoms with E-state index in [0.717, 1.165) is 33.0 Å². The topological polar surface area (TPSA) is 77.1 Å². The Hall–Kier alpha value is -3.65. The summed E-state index contributed by atoms with van der Waals surface area (Å²) in [5, 5.41) is 2.73. The molecule has 36 heavy (non-hydrogen) atoms. The summed E-state index contributed by atoms with van der Waals surface area (Å²) in [5.74, 6) is 1.17. The molecule has 0 aliphatic carbocycles. The zero-order valence-electron chi connectivity index (χ0n) is 21.1. The lowest BCUT2D eigenvalue weighted by atomic mass is 10.1. The SMILES string of the molecule is COc1cc(C2CC(=O)N(CC(=O)Nc3cc(C)cc(C)c3)c3ccccc3S2)cc(OC)c1OC. The molecule has 8 heteroatoms. The Kier molecular flexibility index (Phi) is 7.74. The Bertz CT molecular complexity index is 1250. The Labute approximate surface area is 215 Å². The summed E-state index contributed by atoms with van der Waals surface area (Å²) in [6.45, 7) is 3.89. The summed E-state index contributed by atoms with van der Waals surface area (Å²) >= 11 is 1.58. The highest BCUT2D eigenvalue weighted by molar-refractivity contribution is 7.99. The molecule has 0 radical (unpaired) electrons. The number of rotatable bonds is 7. The number of ether oxygens (including phenoxy) is 3. The number of aryl methyl sites for hydroxylation is 2. The molecule has 1 aliphatic rings. The first-order chi connectivity index (χ1) is 17.3. The maximum absolute atomic E-state index is 13.5. The van der Waals surface area contributed by atoms with Gasteiger partial charge in [0.15, 0.2) is 11.5 Å². The predicted octanol–water partition coefficient (Wildman–Crippen LogP) is 5.54. The van der Waals surface area contributed by atoms with E-state index in [1.54, 1.807) is 38.0 Å². The van der Waals surface area contributed by atoms with Crippen molar-refractivity contribution < 1.29 is 23.8 Å². The van der Waals surface area contributed by atoms with Gasteiger partial charge in [-0.1, -0.05) is 18.2 Å². The Morgan fingerprint density at radius 1 is 0.972 bits per heavy atom. The van der Waals surface area contributed by atoms with Crippen molar-refractivity contribution in [1.29, 1.82) is 0 Å². The van der Waals surface area contributed by atoms with Crippen molar-refractivity contribution in [2.24, 2.45) is 0 Å². The third kappa shape index (κ3) is 5.44. The van der Waals surface area contributed by atoms with E-state index >= 15 is 0 Å². The minimum atomic E-state index is -0.251. The summed E-state index contributed by atoms with van der Waals surface area (Å²) in [5.41, 5.74) is 4.44. The van der Waals surface area contributed by atoms with Gasteiger partial charge in [-0.25, -0.2) is 0 Å². The Morgan fingerprint density at radius 3 is 2.22 bits per heavy atom. The average Bonchev–Trinajstić information content (AvgIpc) is 2.98. The van der Waals surface area contributed by atoms with Crippen molar-refractivity contribution in [2.75, 3.05) is 38.1 Å². The second-order valence-corrected chi connectivity index (χ2v) is 9.89. The Morgan fingerprint density at radius 2 is 1.61 bits per heavy atom. The van der Waals surface area contributed by atoms with E-state index < -0.39 is 0 Å². The maximum atomic E-state index is 13.5. The molecule has 4 rings (SSSR count). The first-order valence-electron chi connectivity index (χ1n) is 11.6. The summed E-state index contributed by atoms with van der Waals surface area (Å²) in [6.07, 6.45) is 0.203. The van der Waals surface area contributed by atoms with Gasteiger partial charge in [0.1, 0.15) is 6.54 Å². The third-order valence-electron chi connectivity index (χ3n) is 5.95. The highest BCUT2D eigenvalue weighted by Crippen LogP contribution is 2.49. The van der Waals surface area contributed by atoms with E-state index in [4.69, 9.17) is 14.2 Å². The number of hydrogen-bond acceptors (Lipinski definition) is 6. The van der Waals surface area contributed by atoms with E-state index in [9.17, 15) is 9.59 Å². The van der Waals surface area contributed by atoms with Crippen LogP contribution in [0.15, 0.2) is 59.5 Å². The molecule has 0 saturated heterocycles. The first kappa shape index (κ1) is 25.4. The summed E-state index contributed by atoms with van der Waals surface area (Å²) < 4.78 is 16.5. The number of amides is 2. The number of benzene rings is 3. The molecule has 1 heterocycles.